The van der Waals surface area contributed by atoms with Crippen LogP contribution < -0.4 is 0 Å². The highest BCUT2D eigenvalue weighted by atomic mass is 32.1. The van der Waals surface area contributed by atoms with Crippen LogP contribution in [0, 0.1) is 0 Å². The van der Waals surface area contributed by atoms with Gasteiger partial charge in [0.1, 0.15) is 0 Å². The van der Waals surface area contributed by atoms with Gasteiger partial charge in [-0.3, -0.25) is 0 Å². The van der Waals surface area contributed by atoms with Crippen molar-refractivity contribution in [1.82, 2.24) is 4.98 Å². The molecule has 0 spiro atoms. The molecule has 2 nitrogen and oxygen atoms in total. The number of aromatic nitrogens is 1. The van der Waals surface area contributed by atoms with Crippen LogP contribution in [0.15, 0.2) is 17.2 Å². The Morgan fingerprint density at radius 2 is 1.92 bits per heavy atom. The number of hydrogen-bond donors (Lipinski definition) is 2. The lowest BCUT2D eigenvalue weighted by Crippen LogP contribution is -2.04. The summed E-state index contributed by atoms with van der Waals surface area (Å²) in [6, 6.07) is 1.28. The predicted octanol–water partition coefficient (Wildman–Crippen LogP) is 2.09. The summed E-state index contributed by atoms with van der Waals surface area (Å²) in [5, 5.41) is 8.53. The van der Waals surface area contributed by atoms with Crippen LogP contribution in [0.4, 0.5) is 13.2 Å². The van der Waals surface area contributed by atoms with Gasteiger partial charge in [-0.25, -0.2) is 4.98 Å². The van der Waals surface area contributed by atoms with Gasteiger partial charge in [0, 0.05) is 6.07 Å². The second-order valence-corrected chi connectivity index (χ2v) is 2.53. The molecule has 6 heteroatoms. The molecule has 0 aliphatic carbocycles. The summed E-state index contributed by atoms with van der Waals surface area (Å²) in [6.07, 6.45) is -4.47. The van der Waals surface area contributed by atoms with Crippen molar-refractivity contribution in [3.8, 4) is 5.88 Å². The molecule has 0 aliphatic rings. The zero-order valence-electron chi connectivity index (χ0n) is 5.63. The second kappa shape index (κ2) is 2.85. The Labute approximate surface area is 71.5 Å². The average Bonchev–Trinajstić information content (AvgIpc) is 1.82. The van der Waals surface area contributed by atoms with E-state index < -0.39 is 17.6 Å². The molecule has 0 fully saturated rings. The first-order valence-electron chi connectivity index (χ1n) is 2.87. The van der Waals surface area contributed by atoms with Crippen LogP contribution in [0.25, 0.3) is 0 Å². The molecule has 12 heavy (non-hydrogen) atoms. The highest BCUT2D eigenvalue weighted by Gasteiger charge is 2.31. The molecule has 0 amide bonds. The fourth-order valence-electron chi connectivity index (χ4n) is 0.665. The third kappa shape index (κ3) is 2.04. The minimum absolute atomic E-state index is 0.165. The summed E-state index contributed by atoms with van der Waals surface area (Å²) in [4.78, 5) is 3.27. The molecule has 1 aromatic heterocycles. The minimum atomic E-state index is -4.47. The summed E-state index contributed by atoms with van der Waals surface area (Å²) in [7, 11) is 0. The van der Waals surface area contributed by atoms with Gasteiger partial charge in [-0.1, -0.05) is 0 Å². The van der Waals surface area contributed by atoms with Gasteiger partial charge in [0.2, 0.25) is 5.88 Å². The van der Waals surface area contributed by atoms with Gasteiger partial charge in [0.25, 0.3) is 0 Å². The smallest absolute Gasteiger partial charge is 0.416 e. The van der Waals surface area contributed by atoms with E-state index in [0.717, 1.165) is 6.07 Å². The molecule has 0 radical (unpaired) electrons. The molecule has 1 heterocycles. The fraction of sp³-hybridized carbons (Fsp3) is 0.167. The van der Waals surface area contributed by atoms with E-state index in [-0.39, 0.29) is 5.03 Å². The van der Waals surface area contributed by atoms with Gasteiger partial charge in [-0.2, -0.15) is 13.2 Å². The van der Waals surface area contributed by atoms with E-state index in [0.29, 0.717) is 6.07 Å². The SMILES string of the molecule is Oc1cc(C(F)(F)F)cc(S)n1. The van der Waals surface area contributed by atoms with E-state index in [1.807, 2.05) is 0 Å². The van der Waals surface area contributed by atoms with E-state index in [2.05, 4.69) is 17.6 Å². The number of halogens is 3. The summed E-state index contributed by atoms with van der Waals surface area (Å²) in [6.45, 7) is 0. The molecule has 1 aromatic rings. The minimum Gasteiger partial charge on any atom is -0.493 e. The number of alkyl halides is 3. The van der Waals surface area contributed by atoms with Crippen molar-refractivity contribution < 1.29 is 18.3 Å². The van der Waals surface area contributed by atoms with Gasteiger partial charge in [0.05, 0.1) is 10.6 Å². The van der Waals surface area contributed by atoms with Gasteiger partial charge in [-0.05, 0) is 6.07 Å². The van der Waals surface area contributed by atoms with Crippen molar-refractivity contribution >= 4 is 12.6 Å². The van der Waals surface area contributed by atoms with Crippen LogP contribution >= 0.6 is 12.6 Å². The van der Waals surface area contributed by atoms with Crippen molar-refractivity contribution in [2.45, 2.75) is 11.2 Å². The van der Waals surface area contributed by atoms with E-state index in [1.54, 1.807) is 0 Å². The van der Waals surface area contributed by atoms with Gasteiger partial charge in [-0.15, -0.1) is 12.6 Å². The molecule has 0 aromatic carbocycles. The Kier molecular flexibility index (Phi) is 2.18. The zero-order valence-corrected chi connectivity index (χ0v) is 6.52. The maximum Gasteiger partial charge on any atom is 0.416 e. The lowest BCUT2D eigenvalue weighted by molar-refractivity contribution is -0.137. The van der Waals surface area contributed by atoms with Gasteiger partial charge in [0.15, 0.2) is 0 Å². The number of hydrogen-bond acceptors (Lipinski definition) is 3. The summed E-state index contributed by atoms with van der Waals surface area (Å²) >= 11 is 3.58. The molecule has 0 saturated carbocycles. The van der Waals surface area contributed by atoms with E-state index in [9.17, 15) is 13.2 Å². The topological polar surface area (TPSA) is 33.1 Å². The zero-order chi connectivity index (χ0) is 9.35. The van der Waals surface area contributed by atoms with E-state index in [1.165, 1.54) is 0 Å². The maximum atomic E-state index is 12.0. The fourth-order valence-corrected chi connectivity index (χ4v) is 0.907. The number of nitrogens with zero attached hydrogens (tertiary/aromatic N) is 1. The average molecular weight is 195 g/mol. The molecular formula is C6H4F3NOS. The molecule has 1 rings (SSSR count). The molecule has 0 unspecified atom stereocenters. The van der Waals surface area contributed by atoms with E-state index in [4.69, 9.17) is 5.11 Å². The number of rotatable bonds is 0. The van der Waals surface area contributed by atoms with Crippen LogP contribution in [0.3, 0.4) is 0 Å². The van der Waals surface area contributed by atoms with E-state index >= 15 is 0 Å². The second-order valence-electron chi connectivity index (χ2n) is 2.07. The third-order valence-electron chi connectivity index (χ3n) is 1.13. The molecule has 0 atom stereocenters. The Bertz CT molecular complexity index is 279. The molecule has 1 N–H and O–H groups in total. The maximum absolute atomic E-state index is 12.0. The number of thiol groups is 1. The van der Waals surface area contributed by atoms with Crippen molar-refractivity contribution in [2.24, 2.45) is 0 Å². The highest BCUT2D eigenvalue weighted by Crippen LogP contribution is 2.31. The van der Waals surface area contributed by atoms with Crippen molar-refractivity contribution in [3.05, 3.63) is 17.7 Å². The van der Waals surface area contributed by atoms with Gasteiger partial charge >= 0.3 is 6.18 Å². The largest absolute Gasteiger partial charge is 0.493 e. The van der Waals surface area contributed by atoms with Crippen LogP contribution in [0.5, 0.6) is 5.88 Å². The molecular weight excluding hydrogens is 191 g/mol. The lowest BCUT2D eigenvalue weighted by atomic mass is 10.2. The Morgan fingerprint density at radius 3 is 2.33 bits per heavy atom. The molecule has 0 bridgehead atoms. The lowest BCUT2D eigenvalue weighted by Gasteiger charge is -2.06. The van der Waals surface area contributed by atoms with Crippen molar-refractivity contribution in [2.75, 3.05) is 0 Å². The first-order chi connectivity index (χ1) is 5.39. The van der Waals surface area contributed by atoms with Crippen molar-refractivity contribution in [3.63, 3.8) is 0 Å². The molecule has 0 saturated heterocycles. The normalized spacial score (nSPS) is 11.7. The van der Waals surface area contributed by atoms with Crippen molar-refractivity contribution in [1.29, 1.82) is 0 Å². The van der Waals surface area contributed by atoms with Crippen LogP contribution in [0.2, 0.25) is 0 Å². The monoisotopic (exact) mass is 195 g/mol. The molecule has 66 valence electrons. The summed E-state index contributed by atoms with van der Waals surface area (Å²) < 4.78 is 35.9. The highest BCUT2D eigenvalue weighted by molar-refractivity contribution is 7.80. The first kappa shape index (κ1) is 9.18. The van der Waals surface area contributed by atoms with Crippen LogP contribution in [-0.4, -0.2) is 10.1 Å². The molecule has 0 aliphatic heterocycles. The number of pyridine rings is 1. The summed E-state index contributed by atoms with van der Waals surface area (Å²) in [5.74, 6) is -0.685. The van der Waals surface area contributed by atoms with Crippen LogP contribution in [0.1, 0.15) is 5.56 Å². The Hall–Kier alpha value is -0.910. The first-order valence-corrected chi connectivity index (χ1v) is 3.31. The quantitative estimate of drug-likeness (QED) is 0.621. The predicted molar refractivity (Wildman–Crippen MR) is 38.2 cm³/mol. The van der Waals surface area contributed by atoms with Crippen LogP contribution in [-0.2, 0) is 6.18 Å². The standard InChI is InChI=1S/C6H4F3NOS/c7-6(8,9)3-1-4(11)10-5(12)2-3/h1-2H,(H2,10,11,12). The Balaban J connectivity index is 3.18. The summed E-state index contributed by atoms with van der Waals surface area (Å²) in [5.41, 5.74) is -0.958. The third-order valence-corrected chi connectivity index (χ3v) is 1.35. The number of aromatic hydroxyl groups is 1. The van der Waals surface area contributed by atoms with Gasteiger partial charge < -0.3 is 5.11 Å². The Morgan fingerprint density at radius 1 is 1.33 bits per heavy atom.